The highest BCUT2D eigenvalue weighted by Crippen LogP contribution is 2.12. The van der Waals surface area contributed by atoms with Crippen molar-refractivity contribution in [2.45, 2.75) is 32.7 Å². The van der Waals surface area contributed by atoms with Crippen LogP contribution in [0.3, 0.4) is 0 Å². The normalized spacial score (nSPS) is 12.3. The molecule has 1 aromatic rings. The second-order valence-electron chi connectivity index (χ2n) is 5.03. The molecule has 0 saturated carbocycles. The topological polar surface area (TPSA) is 75.2 Å². The van der Waals surface area contributed by atoms with Crippen LogP contribution in [0.25, 0.3) is 0 Å². The molecule has 0 bridgehead atoms. The Labute approximate surface area is 121 Å². The first kappa shape index (κ1) is 16.4. The van der Waals surface area contributed by atoms with Crippen molar-refractivity contribution >= 4 is 11.9 Å². The van der Waals surface area contributed by atoms with Crippen LogP contribution in [0.5, 0.6) is 6.01 Å². The second-order valence-corrected chi connectivity index (χ2v) is 5.03. The lowest BCUT2D eigenvalue weighted by molar-refractivity contribution is 0.378. The maximum absolute atomic E-state index is 5.10. The molecular weight excluding hydrogens is 256 g/mol. The third-order valence-electron chi connectivity index (χ3n) is 2.72. The van der Waals surface area contributed by atoms with E-state index in [9.17, 15) is 0 Å². The van der Waals surface area contributed by atoms with Crippen LogP contribution in [0.1, 0.15) is 26.7 Å². The standard InChI is InChI=1S/C13H26N6O/c1-6-8-14-11-16-12(18-13(17-11)20-5)15-10(2)7-9-19(3)4/h10H,6-9H2,1-5H3,(H2,14,15,16,17,18). The van der Waals surface area contributed by atoms with E-state index in [1.165, 1.54) is 0 Å². The Kier molecular flexibility index (Phi) is 7.00. The summed E-state index contributed by atoms with van der Waals surface area (Å²) in [5, 5.41) is 6.42. The number of hydrogen-bond donors (Lipinski definition) is 2. The van der Waals surface area contributed by atoms with E-state index in [0.717, 1.165) is 25.9 Å². The molecule has 0 aliphatic heterocycles. The van der Waals surface area contributed by atoms with Gasteiger partial charge in [-0.3, -0.25) is 0 Å². The zero-order valence-electron chi connectivity index (χ0n) is 13.1. The Balaban J connectivity index is 2.67. The van der Waals surface area contributed by atoms with E-state index in [0.29, 0.717) is 17.9 Å². The molecule has 0 radical (unpaired) electrons. The van der Waals surface area contributed by atoms with Gasteiger partial charge >= 0.3 is 6.01 Å². The minimum Gasteiger partial charge on any atom is -0.467 e. The number of aromatic nitrogens is 3. The van der Waals surface area contributed by atoms with Crippen molar-refractivity contribution in [2.24, 2.45) is 0 Å². The molecule has 0 aliphatic carbocycles. The fraction of sp³-hybridized carbons (Fsp3) is 0.769. The molecule has 7 nitrogen and oxygen atoms in total. The van der Waals surface area contributed by atoms with Crippen molar-refractivity contribution in [3.63, 3.8) is 0 Å². The SMILES string of the molecule is CCCNc1nc(NC(C)CCN(C)C)nc(OC)n1. The second kappa shape index (κ2) is 8.52. The minimum atomic E-state index is 0.281. The summed E-state index contributed by atoms with van der Waals surface area (Å²) in [6.45, 7) is 6.03. The predicted octanol–water partition coefficient (Wildman–Crippen LogP) is 1.45. The number of nitrogens with zero attached hydrogens (tertiary/aromatic N) is 4. The highest BCUT2D eigenvalue weighted by molar-refractivity contribution is 5.36. The van der Waals surface area contributed by atoms with Gasteiger partial charge in [0.05, 0.1) is 7.11 Å². The van der Waals surface area contributed by atoms with Gasteiger partial charge in [-0.2, -0.15) is 15.0 Å². The Hall–Kier alpha value is -1.63. The van der Waals surface area contributed by atoms with Crippen molar-refractivity contribution in [3.8, 4) is 6.01 Å². The van der Waals surface area contributed by atoms with E-state index < -0.39 is 0 Å². The first-order chi connectivity index (χ1) is 9.55. The molecule has 1 atom stereocenters. The lowest BCUT2D eigenvalue weighted by Crippen LogP contribution is -2.24. The summed E-state index contributed by atoms with van der Waals surface area (Å²) in [5.74, 6) is 1.09. The molecule has 1 aromatic heterocycles. The van der Waals surface area contributed by atoms with Gasteiger partial charge in [-0.1, -0.05) is 6.92 Å². The minimum absolute atomic E-state index is 0.281. The van der Waals surface area contributed by atoms with E-state index in [1.54, 1.807) is 7.11 Å². The van der Waals surface area contributed by atoms with Crippen LogP contribution in [0, 0.1) is 0 Å². The van der Waals surface area contributed by atoms with Crippen LogP contribution in [0.2, 0.25) is 0 Å². The third-order valence-corrected chi connectivity index (χ3v) is 2.72. The number of hydrogen-bond acceptors (Lipinski definition) is 7. The van der Waals surface area contributed by atoms with Gasteiger partial charge in [-0.05, 0) is 40.4 Å². The number of nitrogens with one attached hydrogen (secondary N) is 2. The Bertz CT molecular complexity index is 398. The van der Waals surface area contributed by atoms with Crippen LogP contribution in [-0.2, 0) is 0 Å². The monoisotopic (exact) mass is 282 g/mol. The smallest absolute Gasteiger partial charge is 0.322 e. The lowest BCUT2D eigenvalue weighted by Gasteiger charge is -2.17. The summed E-state index contributed by atoms with van der Waals surface area (Å²) in [6, 6.07) is 0.601. The first-order valence-electron chi connectivity index (χ1n) is 7.00. The summed E-state index contributed by atoms with van der Waals surface area (Å²) in [5.41, 5.74) is 0. The van der Waals surface area contributed by atoms with Crippen molar-refractivity contribution < 1.29 is 4.74 Å². The molecule has 0 aliphatic rings. The summed E-state index contributed by atoms with van der Waals surface area (Å²) in [4.78, 5) is 14.9. The molecule has 7 heteroatoms. The molecule has 0 spiro atoms. The van der Waals surface area contributed by atoms with Crippen molar-refractivity contribution in [3.05, 3.63) is 0 Å². The maximum Gasteiger partial charge on any atom is 0.322 e. The van der Waals surface area contributed by atoms with Gasteiger partial charge in [-0.25, -0.2) is 0 Å². The fourth-order valence-electron chi connectivity index (χ4n) is 1.57. The quantitative estimate of drug-likeness (QED) is 0.710. The summed E-state index contributed by atoms with van der Waals surface area (Å²) in [7, 11) is 5.68. The molecule has 0 fully saturated rings. The molecule has 1 unspecified atom stereocenters. The molecule has 0 saturated heterocycles. The number of ether oxygens (including phenoxy) is 1. The van der Waals surface area contributed by atoms with Crippen molar-refractivity contribution in [1.29, 1.82) is 0 Å². The van der Waals surface area contributed by atoms with Gasteiger partial charge in [0.2, 0.25) is 11.9 Å². The molecule has 0 amide bonds. The summed E-state index contributed by atoms with van der Waals surface area (Å²) in [6.07, 6.45) is 2.02. The molecule has 114 valence electrons. The van der Waals surface area contributed by atoms with Crippen molar-refractivity contribution in [2.75, 3.05) is 44.9 Å². The lowest BCUT2D eigenvalue weighted by atomic mass is 10.2. The van der Waals surface area contributed by atoms with Gasteiger partial charge in [0.1, 0.15) is 0 Å². The van der Waals surface area contributed by atoms with Gasteiger partial charge in [0.25, 0.3) is 0 Å². The van der Waals surface area contributed by atoms with Crippen LogP contribution in [0.15, 0.2) is 0 Å². The van der Waals surface area contributed by atoms with Gasteiger partial charge in [0, 0.05) is 12.6 Å². The van der Waals surface area contributed by atoms with Crippen LogP contribution in [0.4, 0.5) is 11.9 Å². The molecular formula is C13H26N6O. The van der Waals surface area contributed by atoms with Gasteiger partial charge in [0.15, 0.2) is 0 Å². The largest absolute Gasteiger partial charge is 0.467 e. The molecule has 20 heavy (non-hydrogen) atoms. The van der Waals surface area contributed by atoms with Crippen LogP contribution >= 0.6 is 0 Å². The van der Waals surface area contributed by atoms with Gasteiger partial charge < -0.3 is 20.3 Å². The zero-order valence-corrected chi connectivity index (χ0v) is 13.1. The van der Waals surface area contributed by atoms with Crippen LogP contribution < -0.4 is 15.4 Å². The molecule has 1 rings (SSSR count). The Morgan fingerprint density at radius 3 is 2.50 bits per heavy atom. The molecule has 0 aromatic carbocycles. The summed E-state index contributed by atoms with van der Waals surface area (Å²) < 4.78 is 5.10. The van der Waals surface area contributed by atoms with Gasteiger partial charge in [-0.15, -0.1) is 0 Å². The highest BCUT2D eigenvalue weighted by atomic mass is 16.5. The van der Waals surface area contributed by atoms with Crippen LogP contribution in [-0.4, -0.2) is 60.2 Å². The number of methoxy groups -OCH3 is 1. The van der Waals surface area contributed by atoms with E-state index in [1.807, 2.05) is 0 Å². The maximum atomic E-state index is 5.10. The Morgan fingerprint density at radius 1 is 1.20 bits per heavy atom. The van der Waals surface area contributed by atoms with E-state index in [2.05, 4.69) is 58.4 Å². The number of anilines is 2. The molecule has 2 N–H and O–H groups in total. The van der Waals surface area contributed by atoms with E-state index in [-0.39, 0.29) is 6.04 Å². The third kappa shape index (κ3) is 6.01. The average Bonchev–Trinajstić information content (AvgIpc) is 2.42. The number of rotatable bonds is 9. The Morgan fingerprint density at radius 2 is 1.90 bits per heavy atom. The predicted molar refractivity (Wildman–Crippen MR) is 81.4 cm³/mol. The summed E-state index contributed by atoms with van der Waals surface area (Å²) >= 11 is 0. The fourth-order valence-corrected chi connectivity index (χ4v) is 1.57. The highest BCUT2D eigenvalue weighted by Gasteiger charge is 2.09. The average molecular weight is 282 g/mol. The zero-order chi connectivity index (χ0) is 15.0. The van der Waals surface area contributed by atoms with E-state index in [4.69, 9.17) is 4.74 Å². The van der Waals surface area contributed by atoms with E-state index >= 15 is 0 Å². The van der Waals surface area contributed by atoms with Crippen molar-refractivity contribution in [1.82, 2.24) is 19.9 Å². The molecule has 1 heterocycles. The first-order valence-corrected chi connectivity index (χ1v) is 7.00.